The maximum Gasteiger partial charge on any atom is 0.241 e. The van der Waals surface area contributed by atoms with Gasteiger partial charge in [-0.15, -0.1) is 5.10 Å². The molecular weight excluding hydrogens is 346 g/mol. The molecule has 4 rings (SSSR count). The molecule has 0 aromatic carbocycles. The van der Waals surface area contributed by atoms with Crippen molar-refractivity contribution in [1.82, 2.24) is 35.3 Å². The number of hydrogen-bond donors (Lipinski definition) is 1. The van der Waals surface area contributed by atoms with Crippen molar-refractivity contribution >= 4 is 5.91 Å². The van der Waals surface area contributed by atoms with Gasteiger partial charge in [-0.2, -0.15) is 0 Å². The summed E-state index contributed by atoms with van der Waals surface area (Å²) in [5, 5.41) is 15.1. The molecule has 1 aliphatic carbocycles. The SMILES string of the molecule is O=C(Cn1nnnc1CN1CCCC1)NCC1(N2CCOCC2)CCCC1. The number of hydrogen-bond acceptors (Lipinski definition) is 7. The zero-order valence-electron chi connectivity index (χ0n) is 16.1. The number of carbonyl (C=O) groups is 1. The van der Waals surface area contributed by atoms with Gasteiger partial charge in [-0.05, 0) is 49.2 Å². The van der Waals surface area contributed by atoms with Crippen LogP contribution in [-0.4, -0.2) is 87.4 Å². The Morgan fingerprint density at radius 1 is 1.07 bits per heavy atom. The van der Waals surface area contributed by atoms with Crippen molar-refractivity contribution in [2.75, 3.05) is 45.9 Å². The van der Waals surface area contributed by atoms with Gasteiger partial charge in [0.25, 0.3) is 0 Å². The zero-order valence-corrected chi connectivity index (χ0v) is 16.1. The van der Waals surface area contributed by atoms with Gasteiger partial charge >= 0.3 is 0 Å². The quantitative estimate of drug-likeness (QED) is 0.717. The number of carbonyl (C=O) groups excluding carboxylic acids is 1. The van der Waals surface area contributed by atoms with Gasteiger partial charge in [0.1, 0.15) is 6.54 Å². The zero-order chi connectivity index (χ0) is 18.5. The molecular formula is C18H31N7O2. The van der Waals surface area contributed by atoms with Gasteiger partial charge in [-0.1, -0.05) is 12.8 Å². The molecule has 0 atom stereocenters. The van der Waals surface area contributed by atoms with E-state index >= 15 is 0 Å². The maximum atomic E-state index is 12.6. The van der Waals surface area contributed by atoms with E-state index in [0.29, 0.717) is 6.54 Å². The molecule has 1 saturated carbocycles. The molecule has 0 radical (unpaired) electrons. The second kappa shape index (κ2) is 8.62. The molecule has 3 heterocycles. The van der Waals surface area contributed by atoms with E-state index in [4.69, 9.17) is 4.74 Å². The average molecular weight is 377 g/mol. The molecule has 150 valence electrons. The molecule has 9 nitrogen and oxygen atoms in total. The number of nitrogens with zero attached hydrogens (tertiary/aromatic N) is 6. The normalized spacial score (nSPS) is 23.7. The summed E-state index contributed by atoms with van der Waals surface area (Å²) in [6.45, 7) is 7.29. The third-order valence-corrected chi connectivity index (χ3v) is 6.29. The van der Waals surface area contributed by atoms with Gasteiger partial charge in [-0.3, -0.25) is 14.6 Å². The van der Waals surface area contributed by atoms with Gasteiger partial charge in [0.05, 0.1) is 19.8 Å². The highest BCUT2D eigenvalue weighted by molar-refractivity contribution is 5.75. The van der Waals surface area contributed by atoms with Crippen molar-refractivity contribution in [3.8, 4) is 0 Å². The topological polar surface area (TPSA) is 88.4 Å². The maximum absolute atomic E-state index is 12.6. The Balaban J connectivity index is 1.32. The van der Waals surface area contributed by atoms with E-state index in [2.05, 4.69) is 30.6 Å². The van der Waals surface area contributed by atoms with Gasteiger partial charge in [0, 0.05) is 25.2 Å². The highest BCUT2D eigenvalue weighted by Gasteiger charge is 2.40. The van der Waals surface area contributed by atoms with Crippen LogP contribution in [0.1, 0.15) is 44.3 Å². The Bertz CT molecular complexity index is 617. The molecule has 1 N–H and O–H groups in total. The minimum atomic E-state index is -0.00972. The predicted molar refractivity (Wildman–Crippen MR) is 98.9 cm³/mol. The van der Waals surface area contributed by atoms with Crippen LogP contribution in [0, 0.1) is 0 Å². The molecule has 2 aliphatic heterocycles. The summed E-state index contributed by atoms with van der Waals surface area (Å²) >= 11 is 0. The van der Waals surface area contributed by atoms with Gasteiger partial charge in [-0.25, -0.2) is 4.68 Å². The van der Waals surface area contributed by atoms with E-state index in [-0.39, 0.29) is 18.0 Å². The Morgan fingerprint density at radius 3 is 2.56 bits per heavy atom. The molecule has 0 unspecified atom stereocenters. The van der Waals surface area contributed by atoms with Crippen LogP contribution in [0.25, 0.3) is 0 Å². The monoisotopic (exact) mass is 377 g/mol. The average Bonchev–Trinajstić information content (AvgIpc) is 3.45. The van der Waals surface area contributed by atoms with Crippen molar-refractivity contribution in [2.45, 2.75) is 57.2 Å². The van der Waals surface area contributed by atoms with Crippen molar-refractivity contribution in [3.05, 3.63) is 5.82 Å². The van der Waals surface area contributed by atoms with Gasteiger partial charge < -0.3 is 10.1 Å². The van der Waals surface area contributed by atoms with E-state index in [9.17, 15) is 4.79 Å². The van der Waals surface area contributed by atoms with Crippen LogP contribution < -0.4 is 5.32 Å². The molecule has 1 aromatic rings. The fourth-order valence-corrected chi connectivity index (χ4v) is 4.73. The lowest BCUT2D eigenvalue weighted by atomic mass is 9.94. The van der Waals surface area contributed by atoms with Crippen molar-refractivity contribution in [3.63, 3.8) is 0 Å². The summed E-state index contributed by atoms with van der Waals surface area (Å²) in [5.74, 6) is 0.764. The minimum absolute atomic E-state index is 0.00972. The van der Waals surface area contributed by atoms with Crippen LogP contribution in [0.4, 0.5) is 0 Å². The lowest BCUT2D eigenvalue weighted by molar-refractivity contribution is -0.122. The second-order valence-electron chi connectivity index (χ2n) is 8.04. The lowest BCUT2D eigenvalue weighted by Gasteiger charge is -2.43. The van der Waals surface area contributed by atoms with E-state index in [1.165, 1.54) is 25.7 Å². The number of aromatic nitrogens is 4. The summed E-state index contributed by atoms with van der Waals surface area (Å²) in [7, 11) is 0. The molecule has 2 saturated heterocycles. The first-order chi connectivity index (χ1) is 13.3. The number of morpholine rings is 1. The summed E-state index contributed by atoms with van der Waals surface area (Å²) in [6.07, 6.45) is 7.23. The summed E-state index contributed by atoms with van der Waals surface area (Å²) in [5.41, 5.74) is 0.0957. The molecule has 27 heavy (non-hydrogen) atoms. The van der Waals surface area contributed by atoms with E-state index in [1.807, 2.05) is 0 Å². The standard InChI is InChI=1S/C18H31N7O2/c26-17(14-25-16(20-21-22-25)13-23-7-3-4-8-23)19-15-18(5-1-2-6-18)24-9-11-27-12-10-24/h1-15H2,(H,19,26). The summed E-state index contributed by atoms with van der Waals surface area (Å²) < 4.78 is 7.15. The largest absolute Gasteiger partial charge is 0.379 e. The van der Waals surface area contributed by atoms with Crippen LogP contribution >= 0.6 is 0 Å². The van der Waals surface area contributed by atoms with Crippen LogP contribution in [0.15, 0.2) is 0 Å². The predicted octanol–water partition coefficient (Wildman–Crippen LogP) is 0.0301. The molecule has 9 heteroatoms. The number of rotatable bonds is 7. The Kier molecular flexibility index (Phi) is 5.99. The van der Waals surface area contributed by atoms with Crippen LogP contribution in [0.3, 0.4) is 0 Å². The summed E-state index contributed by atoms with van der Waals surface area (Å²) in [4.78, 5) is 17.5. The van der Waals surface area contributed by atoms with Crippen LogP contribution in [-0.2, 0) is 22.6 Å². The fourth-order valence-electron chi connectivity index (χ4n) is 4.73. The smallest absolute Gasteiger partial charge is 0.241 e. The highest BCUT2D eigenvalue weighted by atomic mass is 16.5. The molecule has 1 amide bonds. The van der Waals surface area contributed by atoms with Gasteiger partial charge in [0.2, 0.25) is 5.91 Å². The molecule has 3 fully saturated rings. The van der Waals surface area contributed by atoms with E-state index in [1.54, 1.807) is 4.68 Å². The second-order valence-corrected chi connectivity index (χ2v) is 8.04. The number of amides is 1. The fraction of sp³-hybridized carbons (Fsp3) is 0.889. The number of tetrazole rings is 1. The highest BCUT2D eigenvalue weighted by Crippen LogP contribution is 2.35. The summed E-state index contributed by atoms with van der Waals surface area (Å²) in [6, 6.07) is 0. The van der Waals surface area contributed by atoms with Crippen LogP contribution in [0.5, 0.6) is 0 Å². The first-order valence-electron chi connectivity index (χ1n) is 10.3. The molecule has 1 aromatic heterocycles. The Labute approximate surface area is 160 Å². The van der Waals surface area contributed by atoms with E-state index in [0.717, 1.165) is 64.6 Å². The number of ether oxygens (including phenoxy) is 1. The minimum Gasteiger partial charge on any atom is -0.379 e. The van der Waals surface area contributed by atoms with E-state index < -0.39 is 0 Å². The number of likely N-dealkylation sites (tertiary alicyclic amines) is 1. The van der Waals surface area contributed by atoms with Crippen molar-refractivity contribution in [1.29, 1.82) is 0 Å². The van der Waals surface area contributed by atoms with Crippen molar-refractivity contribution in [2.24, 2.45) is 0 Å². The third kappa shape index (κ3) is 4.47. The van der Waals surface area contributed by atoms with Gasteiger partial charge in [0.15, 0.2) is 5.82 Å². The molecule has 0 bridgehead atoms. The molecule has 3 aliphatic rings. The Morgan fingerprint density at radius 2 is 1.81 bits per heavy atom. The number of nitrogens with one attached hydrogen (secondary N) is 1. The first-order valence-corrected chi connectivity index (χ1v) is 10.3. The Hall–Kier alpha value is -1.58. The van der Waals surface area contributed by atoms with Crippen molar-refractivity contribution < 1.29 is 9.53 Å². The third-order valence-electron chi connectivity index (χ3n) is 6.29. The van der Waals surface area contributed by atoms with Crippen LogP contribution in [0.2, 0.25) is 0 Å². The first kappa shape index (κ1) is 18.8. The molecule has 0 spiro atoms. The lowest BCUT2D eigenvalue weighted by Crippen LogP contribution is -2.57.